The summed E-state index contributed by atoms with van der Waals surface area (Å²) in [5, 5.41) is 6.80. The van der Waals surface area contributed by atoms with Gasteiger partial charge < -0.3 is 14.8 Å². The molecule has 0 bridgehead atoms. The number of methoxy groups -OCH3 is 1. The molecule has 29 heavy (non-hydrogen) atoms. The number of aromatic nitrogens is 2. The maximum atomic E-state index is 13.0. The fourth-order valence-corrected chi connectivity index (χ4v) is 2.65. The fourth-order valence-electron chi connectivity index (χ4n) is 2.65. The molecule has 1 N–H and O–H groups in total. The van der Waals surface area contributed by atoms with E-state index in [1.165, 1.54) is 25.4 Å². The van der Waals surface area contributed by atoms with E-state index in [0.29, 0.717) is 18.0 Å². The molecule has 0 aliphatic carbocycles. The number of halogens is 3. The SMILES string of the molecule is CCOc1ccccc1NC(=O)c1nn(-c2cccc(C(F)(F)F)c2)cc1OC. The number of benzene rings is 2. The zero-order valence-corrected chi connectivity index (χ0v) is 15.7. The molecule has 1 heterocycles. The lowest BCUT2D eigenvalue weighted by Crippen LogP contribution is -2.15. The van der Waals surface area contributed by atoms with Gasteiger partial charge in [0.2, 0.25) is 0 Å². The van der Waals surface area contributed by atoms with Gasteiger partial charge in [0.1, 0.15) is 5.75 Å². The first-order valence-electron chi connectivity index (χ1n) is 8.68. The Balaban J connectivity index is 1.92. The largest absolute Gasteiger partial charge is 0.493 e. The van der Waals surface area contributed by atoms with Crippen LogP contribution in [-0.4, -0.2) is 29.4 Å². The fraction of sp³-hybridized carbons (Fsp3) is 0.200. The van der Waals surface area contributed by atoms with Gasteiger partial charge in [-0.2, -0.15) is 18.3 Å². The molecule has 0 aliphatic rings. The highest BCUT2D eigenvalue weighted by Gasteiger charge is 2.30. The predicted octanol–water partition coefficient (Wildman–Crippen LogP) is 4.55. The average Bonchev–Trinajstić information content (AvgIpc) is 3.14. The Labute approximate surface area is 164 Å². The van der Waals surface area contributed by atoms with Crippen molar-refractivity contribution in [1.29, 1.82) is 0 Å². The van der Waals surface area contributed by atoms with Crippen LogP contribution in [0, 0.1) is 0 Å². The number of rotatable bonds is 6. The minimum Gasteiger partial charge on any atom is -0.493 e. The molecule has 6 nitrogen and oxygen atoms in total. The maximum absolute atomic E-state index is 13.0. The van der Waals surface area contributed by atoms with Crippen molar-refractivity contribution < 1.29 is 27.4 Å². The van der Waals surface area contributed by atoms with Crippen molar-refractivity contribution in [3.05, 3.63) is 66.0 Å². The number of ether oxygens (including phenoxy) is 2. The topological polar surface area (TPSA) is 65.4 Å². The van der Waals surface area contributed by atoms with Crippen molar-refractivity contribution in [3.8, 4) is 17.2 Å². The van der Waals surface area contributed by atoms with E-state index in [4.69, 9.17) is 9.47 Å². The Hall–Kier alpha value is -3.49. The van der Waals surface area contributed by atoms with E-state index in [9.17, 15) is 18.0 Å². The number of carbonyl (C=O) groups is 1. The van der Waals surface area contributed by atoms with Crippen molar-refractivity contribution in [2.75, 3.05) is 19.0 Å². The number of anilines is 1. The van der Waals surface area contributed by atoms with E-state index in [1.807, 2.05) is 6.92 Å². The Kier molecular flexibility index (Phi) is 5.76. The van der Waals surface area contributed by atoms with E-state index in [1.54, 1.807) is 24.3 Å². The first-order chi connectivity index (χ1) is 13.8. The second-order valence-corrected chi connectivity index (χ2v) is 5.92. The average molecular weight is 405 g/mol. The van der Waals surface area contributed by atoms with Gasteiger partial charge in [0.15, 0.2) is 11.4 Å². The number of amides is 1. The number of hydrogen-bond acceptors (Lipinski definition) is 4. The normalized spacial score (nSPS) is 11.2. The molecule has 0 saturated heterocycles. The molecule has 0 saturated carbocycles. The molecule has 0 aliphatic heterocycles. The Morgan fingerprint density at radius 1 is 1.14 bits per heavy atom. The minimum absolute atomic E-state index is 0.0730. The van der Waals surface area contributed by atoms with Crippen molar-refractivity contribution in [2.45, 2.75) is 13.1 Å². The second kappa shape index (κ2) is 8.26. The molecular formula is C20H18F3N3O3. The summed E-state index contributed by atoms with van der Waals surface area (Å²) in [6.07, 6.45) is -3.14. The van der Waals surface area contributed by atoms with E-state index in [0.717, 1.165) is 16.8 Å². The molecule has 0 unspecified atom stereocenters. The molecule has 3 aromatic rings. The van der Waals surface area contributed by atoms with Crippen LogP contribution >= 0.6 is 0 Å². The minimum atomic E-state index is -4.49. The predicted molar refractivity (Wildman–Crippen MR) is 101 cm³/mol. The van der Waals surface area contributed by atoms with Gasteiger partial charge >= 0.3 is 6.18 Å². The molecular weight excluding hydrogens is 387 g/mol. The van der Waals surface area contributed by atoms with Gasteiger partial charge in [-0.05, 0) is 37.3 Å². The number of hydrogen-bond donors (Lipinski definition) is 1. The molecule has 0 atom stereocenters. The summed E-state index contributed by atoms with van der Waals surface area (Å²) in [6, 6.07) is 11.5. The zero-order valence-electron chi connectivity index (χ0n) is 15.7. The maximum Gasteiger partial charge on any atom is 0.416 e. The van der Waals surface area contributed by atoms with Crippen LogP contribution in [0.3, 0.4) is 0 Å². The molecule has 9 heteroatoms. The molecule has 0 radical (unpaired) electrons. The highest BCUT2D eigenvalue weighted by molar-refractivity contribution is 6.05. The molecule has 152 valence electrons. The highest BCUT2D eigenvalue weighted by Crippen LogP contribution is 2.31. The van der Waals surface area contributed by atoms with E-state index >= 15 is 0 Å². The van der Waals surface area contributed by atoms with Crippen LogP contribution in [-0.2, 0) is 6.18 Å². The third-order valence-electron chi connectivity index (χ3n) is 3.99. The van der Waals surface area contributed by atoms with Crippen LogP contribution in [0.2, 0.25) is 0 Å². The van der Waals surface area contributed by atoms with Crippen LogP contribution in [0.4, 0.5) is 18.9 Å². The second-order valence-electron chi connectivity index (χ2n) is 5.92. The van der Waals surface area contributed by atoms with E-state index in [2.05, 4.69) is 10.4 Å². The lowest BCUT2D eigenvalue weighted by molar-refractivity contribution is -0.137. The van der Waals surface area contributed by atoms with Gasteiger partial charge in [0.05, 0.1) is 36.9 Å². The van der Waals surface area contributed by atoms with Crippen LogP contribution in [0.15, 0.2) is 54.7 Å². The Bertz CT molecular complexity index is 1020. The van der Waals surface area contributed by atoms with Gasteiger partial charge in [-0.1, -0.05) is 18.2 Å². The van der Waals surface area contributed by atoms with Crippen molar-refractivity contribution in [1.82, 2.24) is 9.78 Å². The zero-order chi connectivity index (χ0) is 21.0. The summed E-state index contributed by atoms with van der Waals surface area (Å²) >= 11 is 0. The standard InChI is InChI=1S/C20H18F3N3O3/c1-3-29-16-10-5-4-9-15(16)24-19(27)18-17(28-2)12-26(25-18)14-8-6-7-13(11-14)20(21,22)23/h4-12H,3H2,1-2H3,(H,24,27). The third-order valence-corrected chi connectivity index (χ3v) is 3.99. The lowest BCUT2D eigenvalue weighted by Gasteiger charge is -2.10. The van der Waals surface area contributed by atoms with Crippen molar-refractivity contribution in [2.24, 2.45) is 0 Å². The molecule has 2 aromatic carbocycles. The monoisotopic (exact) mass is 405 g/mol. The summed E-state index contributed by atoms with van der Waals surface area (Å²) in [5.41, 5.74) is -0.306. The Morgan fingerprint density at radius 2 is 1.90 bits per heavy atom. The number of alkyl halides is 3. The number of nitrogens with zero attached hydrogens (tertiary/aromatic N) is 2. The molecule has 0 fully saturated rings. The number of para-hydroxylation sites is 2. The van der Waals surface area contributed by atoms with Crippen molar-refractivity contribution >= 4 is 11.6 Å². The van der Waals surface area contributed by atoms with E-state index < -0.39 is 17.6 Å². The van der Waals surface area contributed by atoms with Crippen LogP contribution in [0.5, 0.6) is 11.5 Å². The third kappa shape index (κ3) is 4.50. The first kappa shape index (κ1) is 20.2. The molecule has 1 amide bonds. The van der Waals surface area contributed by atoms with Crippen LogP contribution < -0.4 is 14.8 Å². The summed E-state index contributed by atoms with van der Waals surface area (Å²) < 4.78 is 50.7. The Morgan fingerprint density at radius 3 is 2.59 bits per heavy atom. The molecule has 0 spiro atoms. The lowest BCUT2D eigenvalue weighted by atomic mass is 10.2. The van der Waals surface area contributed by atoms with Crippen molar-refractivity contribution in [3.63, 3.8) is 0 Å². The van der Waals surface area contributed by atoms with Gasteiger partial charge in [-0.3, -0.25) is 4.79 Å². The van der Waals surface area contributed by atoms with Crippen LogP contribution in [0.1, 0.15) is 23.0 Å². The quantitative estimate of drug-likeness (QED) is 0.654. The van der Waals surface area contributed by atoms with Gasteiger partial charge in [-0.25, -0.2) is 4.68 Å². The summed E-state index contributed by atoms with van der Waals surface area (Å²) in [5.74, 6) is 0.0214. The van der Waals surface area contributed by atoms with Gasteiger partial charge in [-0.15, -0.1) is 0 Å². The van der Waals surface area contributed by atoms with Gasteiger partial charge in [0.25, 0.3) is 5.91 Å². The smallest absolute Gasteiger partial charge is 0.416 e. The van der Waals surface area contributed by atoms with Gasteiger partial charge in [0, 0.05) is 0 Å². The summed E-state index contributed by atoms with van der Waals surface area (Å²) in [6.45, 7) is 2.23. The number of nitrogens with one attached hydrogen (secondary N) is 1. The van der Waals surface area contributed by atoms with Crippen LogP contribution in [0.25, 0.3) is 5.69 Å². The molecule has 3 rings (SSSR count). The highest BCUT2D eigenvalue weighted by atomic mass is 19.4. The first-order valence-corrected chi connectivity index (χ1v) is 8.68. The summed E-state index contributed by atoms with van der Waals surface area (Å²) in [4.78, 5) is 12.7. The number of carbonyl (C=O) groups excluding carboxylic acids is 1. The van der Waals surface area contributed by atoms with E-state index in [-0.39, 0.29) is 17.1 Å². The summed E-state index contributed by atoms with van der Waals surface area (Å²) in [7, 11) is 1.35. The molecule has 1 aromatic heterocycles.